The number of hydrogen-bond acceptors (Lipinski definition) is 4. The predicted octanol–water partition coefficient (Wildman–Crippen LogP) is 2.67. The molecule has 1 aliphatic rings. The molecule has 0 atom stereocenters. The number of carbonyl (C=O) groups is 1. The normalized spacial score (nSPS) is 13.9. The van der Waals surface area contributed by atoms with Crippen molar-refractivity contribution >= 4 is 17.7 Å². The molecule has 1 amide bonds. The van der Waals surface area contributed by atoms with Gasteiger partial charge in [-0.15, -0.1) is 0 Å². The minimum atomic E-state index is 0.114. The fourth-order valence-corrected chi connectivity index (χ4v) is 4.02. The summed E-state index contributed by atoms with van der Waals surface area (Å²) in [5.41, 5.74) is 4.95. The summed E-state index contributed by atoms with van der Waals surface area (Å²) in [4.78, 5) is 12.0. The van der Waals surface area contributed by atoms with Crippen molar-refractivity contribution in [1.29, 1.82) is 0 Å². The Morgan fingerprint density at radius 1 is 1.38 bits per heavy atom. The number of benzene rings is 1. The van der Waals surface area contributed by atoms with Gasteiger partial charge in [-0.1, -0.05) is 24.3 Å². The Hall–Kier alpha value is -1.79. The number of nitrogens with zero attached hydrogens (tertiary/aromatic N) is 2. The summed E-state index contributed by atoms with van der Waals surface area (Å²) in [5, 5.41) is 11.0. The second kappa shape index (κ2) is 9.78. The predicted molar refractivity (Wildman–Crippen MR) is 107 cm³/mol. The number of aromatic nitrogens is 2. The van der Waals surface area contributed by atoms with E-state index in [1.807, 2.05) is 11.8 Å². The van der Waals surface area contributed by atoms with Crippen molar-refractivity contribution < 1.29 is 4.79 Å². The van der Waals surface area contributed by atoms with Crippen LogP contribution in [0.4, 0.5) is 0 Å². The van der Waals surface area contributed by atoms with Gasteiger partial charge in [-0.25, -0.2) is 0 Å². The zero-order chi connectivity index (χ0) is 18.2. The van der Waals surface area contributed by atoms with Gasteiger partial charge in [-0.3, -0.25) is 9.48 Å². The van der Waals surface area contributed by atoms with E-state index in [0.29, 0.717) is 12.8 Å². The molecule has 6 heteroatoms. The van der Waals surface area contributed by atoms with Crippen molar-refractivity contribution in [3.63, 3.8) is 0 Å². The molecule has 0 spiro atoms. The highest BCUT2D eigenvalue weighted by atomic mass is 32.2. The Kier molecular flexibility index (Phi) is 7.14. The third-order valence-electron chi connectivity index (χ3n) is 4.64. The van der Waals surface area contributed by atoms with Crippen LogP contribution in [0.25, 0.3) is 0 Å². The number of amides is 1. The molecule has 1 aromatic heterocycles. The first-order valence-electron chi connectivity index (χ1n) is 9.37. The van der Waals surface area contributed by atoms with E-state index in [0.717, 1.165) is 49.8 Å². The molecule has 0 unspecified atom stereocenters. The van der Waals surface area contributed by atoms with Crippen LogP contribution in [0.15, 0.2) is 30.3 Å². The van der Waals surface area contributed by atoms with Crippen molar-refractivity contribution in [2.75, 3.05) is 18.8 Å². The maximum atomic E-state index is 12.0. The topological polar surface area (TPSA) is 59.0 Å². The van der Waals surface area contributed by atoms with Crippen LogP contribution in [0.2, 0.25) is 0 Å². The van der Waals surface area contributed by atoms with Gasteiger partial charge in [-0.05, 0) is 37.1 Å². The number of thioether (sulfide) groups is 1. The van der Waals surface area contributed by atoms with Gasteiger partial charge in [0.15, 0.2) is 0 Å². The molecular formula is C20H28N4OS. The average molecular weight is 373 g/mol. The largest absolute Gasteiger partial charge is 0.355 e. The SMILES string of the molecule is Cc1ccccc1CSCCNC(=O)CCc1cc2n(n1)CCCNC2. The summed E-state index contributed by atoms with van der Waals surface area (Å²) < 4.78 is 2.08. The lowest BCUT2D eigenvalue weighted by Crippen LogP contribution is -2.26. The minimum absolute atomic E-state index is 0.114. The first-order valence-corrected chi connectivity index (χ1v) is 10.5. The highest BCUT2D eigenvalue weighted by Gasteiger charge is 2.11. The summed E-state index contributed by atoms with van der Waals surface area (Å²) in [7, 11) is 0. The number of nitrogens with one attached hydrogen (secondary N) is 2. The summed E-state index contributed by atoms with van der Waals surface area (Å²) in [6.07, 6.45) is 2.32. The molecule has 2 heterocycles. The van der Waals surface area contributed by atoms with Crippen LogP contribution in [0.3, 0.4) is 0 Å². The Morgan fingerprint density at radius 2 is 2.27 bits per heavy atom. The molecule has 1 aliphatic heterocycles. The first kappa shape index (κ1) is 19.0. The zero-order valence-electron chi connectivity index (χ0n) is 15.5. The van der Waals surface area contributed by atoms with Gasteiger partial charge < -0.3 is 10.6 Å². The Morgan fingerprint density at radius 3 is 3.15 bits per heavy atom. The van der Waals surface area contributed by atoms with E-state index < -0.39 is 0 Å². The van der Waals surface area contributed by atoms with Gasteiger partial charge in [-0.2, -0.15) is 16.9 Å². The lowest BCUT2D eigenvalue weighted by atomic mass is 10.1. The second-order valence-corrected chi connectivity index (χ2v) is 7.81. The van der Waals surface area contributed by atoms with Crippen LogP contribution in [-0.2, 0) is 30.1 Å². The molecule has 5 nitrogen and oxygen atoms in total. The number of fused-ring (bicyclic) bond motifs is 1. The van der Waals surface area contributed by atoms with Gasteiger partial charge in [0, 0.05) is 44.0 Å². The molecule has 2 aromatic rings. The number of carbonyl (C=O) groups excluding carboxylic acids is 1. The molecule has 1 aromatic carbocycles. The van der Waals surface area contributed by atoms with Crippen molar-refractivity contribution in [3.8, 4) is 0 Å². The smallest absolute Gasteiger partial charge is 0.220 e. The molecule has 0 radical (unpaired) electrons. The van der Waals surface area contributed by atoms with Crippen LogP contribution in [0.5, 0.6) is 0 Å². The molecule has 0 saturated heterocycles. The van der Waals surface area contributed by atoms with E-state index in [2.05, 4.69) is 57.7 Å². The quantitative estimate of drug-likeness (QED) is 0.700. The van der Waals surface area contributed by atoms with Gasteiger partial charge in [0.1, 0.15) is 0 Å². The van der Waals surface area contributed by atoms with Crippen LogP contribution < -0.4 is 10.6 Å². The first-order chi connectivity index (χ1) is 12.7. The molecular weight excluding hydrogens is 344 g/mol. The maximum Gasteiger partial charge on any atom is 0.220 e. The number of hydrogen-bond donors (Lipinski definition) is 2. The molecule has 3 rings (SSSR count). The Bertz CT molecular complexity index is 705. The van der Waals surface area contributed by atoms with Crippen molar-refractivity contribution in [1.82, 2.24) is 20.4 Å². The summed E-state index contributed by atoms with van der Waals surface area (Å²) in [6.45, 7) is 5.75. The Labute approximate surface area is 159 Å². The summed E-state index contributed by atoms with van der Waals surface area (Å²) in [6, 6.07) is 10.6. The van der Waals surface area contributed by atoms with Crippen LogP contribution in [0.1, 0.15) is 35.4 Å². The maximum absolute atomic E-state index is 12.0. The van der Waals surface area contributed by atoms with Gasteiger partial charge in [0.05, 0.1) is 11.4 Å². The van der Waals surface area contributed by atoms with Crippen LogP contribution in [-0.4, -0.2) is 34.5 Å². The molecule has 0 aliphatic carbocycles. The summed E-state index contributed by atoms with van der Waals surface area (Å²) >= 11 is 1.86. The van der Waals surface area contributed by atoms with Gasteiger partial charge in [0.2, 0.25) is 5.91 Å². The van der Waals surface area contributed by atoms with E-state index in [9.17, 15) is 4.79 Å². The fourth-order valence-electron chi connectivity index (χ4n) is 3.09. The summed E-state index contributed by atoms with van der Waals surface area (Å²) in [5.74, 6) is 2.05. The van der Waals surface area contributed by atoms with Gasteiger partial charge >= 0.3 is 0 Å². The number of rotatable bonds is 8. The molecule has 26 heavy (non-hydrogen) atoms. The molecule has 0 fully saturated rings. The van der Waals surface area contributed by atoms with E-state index in [1.54, 1.807) is 0 Å². The third kappa shape index (κ3) is 5.61. The van der Waals surface area contributed by atoms with E-state index in [-0.39, 0.29) is 5.91 Å². The monoisotopic (exact) mass is 372 g/mol. The molecule has 2 N–H and O–H groups in total. The van der Waals surface area contributed by atoms with Crippen molar-refractivity contribution in [2.45, 2.75) is 45.0 Å². The van der Waals surface area contributed by atoms with Crippen molar-refractivity contribution in [3.05, 3.63) is 52.8 Å². The highest BCUT2D eigenvalue weighted by molar-refractivity contribution is 7.98. The molecule has 0 bridgehead atoms. The lowest BCUT2D eigenvalue weighted by Gasteiger charge is -2.06. The molecule has 0 saturated carbocycles. The minimum Gasteiger partial charge on any atom is -0.355 e. The Balaban J connectivity index is 1.31. The molecule has 140 valence electrons. The van der Waals surface area contributed by atoms with Crippen LogP contribution in [0, 0.1) is 6.92 Å². The zero-order valence-corrected chi connectivity index (χ0v) is 16.3. The highest BCUT2D eigenvalue weighted by Crippen LogP contribution is 2.15. The van der Waals surface area contributed by atoms with Crippen LogP contribution >= 0.6 is 11.8 Å². The average Bonchev–Trinajstić information content (AvgIpc) is 2.90. The van der Waals surface area contributed by atoms with E-state index in [1.165, 1.54) is 16.8 Å². The number of aryl methyl sites for hydroxylation is 3. The van der Waals surface area contributed by atoms with Gasteiger partial charge in [0.25, 0.3) is 0 Å². The van der Waals surface area contributed by atoms with E-state index >= 15 is 0 Å². The second-order valence-electron chi connectivity index (χ2n) is 6.71. The standard InChI is InChI=1S/C20H28N4OS/c1-16-5-2-3-6-17(16)15-26-12-10-22-20(25)8-7-18-13-19-14-21-9-4-11-24(19)23-18/h2-3,5-6,13,21H,4,7-12,14-15H2,1H3,(H,22,25). The van der Waals surface area contributed by atoms with E-state index in [4.69, 9.17) is 0 Å². The lowest BCUT2D eigenvalue weighted by molar-refractivity contribution is -0.120. The van der Waals surface area contributed by atoms with Crippen molar-refractivity contribution in [2.24, 2.45) is 0 Å². The fraction of sp³-hybridized carbons (Fsp3) is 0.500. The third-order valence-corrected chi connectivity index (χ3v) is 5.65.